The topological polar surface area (TPSA) is 43.4 Å². The van der Waals surface area contributed by atoms with Crippen molar-refractivity contribution in [1.29, 1.82) is 0 Å². The van der Waals surface area contributed by atoms with Gasteiger partial charge in [-0.2, -0.15) is 8.42 Å². The molecule has 0 aromatic carbocycles. The molecule has 0 radical (unpaired) electrons. The van der Waals surface area contributed by atoms with Crippen LogP contribution in [0, 0.1) is 0 Å². The van der Waals surface area contributed by atoms with E-state index in [1.807, 2.05) is 0 Å². The lowest BCUT2D eigenvalue weighted by Crippen LogP contribution is -1.98. The van der Waals surface area contributed by atoms with Crippen LogP contribution in [0.3, 0.4) is 0 Å². The standard InChI is InChI=1S/C4H8O3S/c1-4(2)7-8(3,5)6/h1H2,2-3H3. The molecule has 0 amide bonds. The third kappa shape index (κ3) is 5.49. The number of hydrogen-bond acceptors (Lipinski definition) is 3. The second-order valence-electron chi connectivity index (χ2n) is 1.49. The van der Waals surface area contributed by atoms with E-state index < -0.39 is 10.1 Å². The summed E-state index contributed by atoms with van der Waals surface area (Å²) in [4.78, 5) is 0. The van der Waals surface area contributed by atoms with E-state index in [4.69, 9.17) is 0 Å². The van der Waals surface area contributed by atoms with Crippen LogP contribution < -0.4 is 0 Å². The first kappa shape index (κ1) is 7.49. The highest BCUT2D eigenvalue weighted by molar-refractivity contribution is 7.86. The summed E-state index contributed by atoms with van der Waals surface area (Å²) in [5.74, 6) is 0.188. The molecule has 0 aliphatic heterocycles. The van der Waals surface area contributed by atoms with Gasteiger partial charge in [-0.15, -0.1) is 0 Å². The van der Waals surface area contributed by atoms with Gasteiger partial charge in [0.1, 0.15) is 5.76 Å². The predicted octanol–water partition coefficient (Wildman–Crippen LogP) is 0.496. The first-order chi connectivity index (χ1) is 3.42. The van der Waals surface area contributed by atoms with Gasteiger partial charge in [0.05, 0.1) is 6.26 Å². The molecule has 0 saturated heterocycles. The molecular formula is C4H8O3S. The Labute approximate surface area is 49.1 Å². The third-order valence-corrected chi connectivity index (χ3v) is 0.881. The van der Waals surface area contributed by atoms with Gasteiger partial charge < -0.3 is 4.18 Å². The zero-order valence-corrected chi connectivity index (χ0v) is 5.66. The first-order valence-electron chi connectivity index (χ1n) is 1.97. The molecule has 0 aliphatic rings. The molecule has 3 nitrogen and oxygen atoms in total. The number of allylic oxidation sites excluding steroid dienone is 1. The lowest BCUT2D eigenvalue weighted by atomic mass is 10.7. The highest BCUT2D eigenvalue weighted by Gasteiger charge is 1.98. The minimum Gasteiger partial charge on any atom is -0.388 e. The van der Waals surface area contributed by atoms with Gasteiger partial charge >= 0.3 is 10.1 Å². The Balaban J connectivity index is 3.95. The van der Waals surface area contributed by atoms with Crippen LogP contribution >= 0.6 is 0 Å². The van der Waals surface area contributed by atoms with E-state index in [9.17, 15) is 8.42 Å². The van der Waals surface area contributed by atoms with Crippen LogP contribution in [0.25, 0.3) is 0 Å². The van der Waals surface area contributed by atoms with Gasteiger partial charge in [0.15, 0.2) is 0 Å². The highest BCUT2D eigenvalue weighted by Crippen LogP contribution is 1.95. The van der Waals surface area contributed by atoms with Crippen molar-refractivity contribution in [1.82, 2.24) is 0 Å². The Morgan fingerprint density at radius 1 is 1.62 bits per heavy atom. The maximum absolute atomic E-state index is 10.2. The van der Waals surface area contributed by atoms with Crippen LogP contribution in [0.5, 0.6) is 0 Å². The fraction of sp³-hybridized carbons (Fsp3) is 0.500. The van der Waals surface area contributed by atoms with Gasteiger partial charge in [-0.25, -0.2) is 0 Å². The maximum atomic E-state index is 10.2. The van der Waals surface area contributed by atoms with Crippen molar-refractivity contribution in [3.63, 3.8) is 0 Å². The second kappa shape index (κ2) is 2.17. The second-order valence-corrected chi connectivity index (χ2v) is 3.06. The molecular weight excluding hydrogens is 128 g/mol. The molecule has 8 heavy (non-hydrogen) atoms. The molecule has 0 saturated carbocycles. The Kier molecular flexibility index (Phi) is 2.03. The summed E-state index contributed by atoms with van der Waals surface area (Å²) in [6.07, 6.45) is 0.974. The minimum atomic E-state index is -3.32. The molecule has 0 rings (SSSR count). The number of rotatable bonds is 2. The molecule has 48 valence electrons. The highest BCUT2D eigenvalue weighted by atomic mass is 32.2. The van der Waals surface area contributed by atoms with Crippen molar-refractivity contribution in [2.24, 2.45) is 0 Å². The van der Waals surface area contributed by atoms with E-state index in [1.165, 1.54) is 6.92 Å². The zero-order valence-electron chi connectivity index (χ0n) is 4.84. The Bertz CT molecular complexity index is 177. The van der Waals surface area contributed by atoms with Gasteiger partial charge in [0.2, 0.25) is 0 Å². The summed E-state index contributed by atoms with van der Waals surface area (Å²) in [6.45, 7) is 4.71. The van der Waals surface area contributed by atoms with Crippen molar-refractivity contribution in [2.75, 3.05) is 6.26 Å². The molecule has 0 aliphatic carbocycles. The first-order valence-corrected chi connectivity index (χ1v) is 3.78. The minimum absolute atomic E-state index is 0.188. The van der Waals surface area contributed by atoms with Crippen molar-refractivity contribution < 1.29 is 12.6 Å². The summed E-state index contributed by atoms with van der Waals surface area (Å²) in [5.41, 5.74) is 0. The lowest BCUT2D eigenvalue weighted by molar-refractivity contribution is 0.415. The molecule has 0 aromatic heterocycles. The maximum Gasteiger partial charge on any atom is 0.305 e. The average molecular weight is 136 g/mol. The zero-order chi connectivity index (χ0) is 6.78. The van der Waals surface area contributed by atoms with Gasteiger partial charge in [-0.1, -0.05) is 6.58 Å². The SMILES string of the molecule is C=C(C)OS(C)(=O)=O. The van der Waals surface area contributed by atoms with Gasteiger partial charge in [0, 0.05) is 0 Å². The molecule has 4 heteroatoms. The lowest BCUT2D eigenvalue weighted by Gasteiger charge is -1.97. The molecule has 0 unspecified atom stereocenters. The molecule has 0 atom stereocenters. The third-order valence-electron chi connectivity index (χ3n) is 0.294. The van der Waals surface area contributed by atoms with Crippen LogP contribution in [0.4, 0.5) is 0 Å². The summed E-state index contributed by atoms with van der Waals surface area (Å²) >= 11 is 0. The fourth-order valence-electron chi connectivity index (χ4n) is 0.258. The monoisotopic (exact) mass is 136 g/mol. The Hall–Kier alpha value is -0.510. The fourth-order valence-corrected chi connectivity index (χ4v) is 0.775. The summed E-state index contributed by atoms with van der Waals surface area (Å²) in [5, 5.41) is 0. The molecule has 0 heterocycles. The van der Waals surface area contributed by atoms with Crippen molar-refractivity contribution >= 4 is 10.1 Å². The Morgan fingerprint density at radius 2 is 2.00 bits per heavy atom. The van der Waals surface area contributed by atoms with E-state index >= 15 is 0 Å². The van der Waals surface area contributed by atoms with Crippen LogP contribution in [-0.2, 0) is 14.3 Å². The smallest absolute Gasteiger partial charge is 0.305 e. The van der Waals surface area contributed by atoms with Crippen molar-refractivity contribution in [3.05, 3.63) is 12.3 Å². The van der Waals surface area contributed by atoms with E-state index in [2.05, 4.69) is 10.8 Å². The summed E-state index contributed by atoms with van der Waals surface area (Å²) in [6, 6.07) is 0. The van der Waals surface area contributed by atoms with Crippen LogP contribution in [0.2, 0.25) is 0 Å². The number of hydrogen-bond donors (Lipinski definition) is 0. The van der Waals surface area contributed by atoms with Gasteiger partial charge in [0.25, 0.3) is 0 Å². The van der Waals surface area contributed by atoms with E-state index in [-0.39, 0.29) is 5.76 Å². The summed E-state index contributed by atoms with van der Waals surface area (Å²) in [7, 11) is -3.32. The average Bonchev–Trinajstić information content (AvgIpc) is 1.21. The van der Waals surface area contributed by atoms with Crippen LogP contribution in [0.15, 0.2) is 12.3 Å². The Morgan fingerprint density at radius 3 is 2.00 bits per heavy atom. The molecule has 0 fully saturated rings. The van der Waals surface area contributed by atoms with Gasteiger partial charge in [-0.3, -0.25) is 0 Å². The summed E-state index contributed by atoms with van der Waals surface area (Å²) < 4.78 is 24.5. The molecule has 0 bridgehead atoms. The quantitative estimate of drug-likeness (QED) is 0.410. The predicted molar refractivity (Wildman–Crippen MR) is 30.7 cm³/mol. The largest absolute Gasteiger partial charge is 0.388 e. The van der Waals surface area contributed by atoms with Crippen LogP contribution in [-0.4, -0.2) is 14.7 Å². The van der Waals surface area contributed by atoms with E-state index in [1.54, 1.807) is 0 Å². The van der Waals surface area contributed by atoms with E-state index in [0.717, 1.165) is 6.26 Å². The molecule has 0 spiro atoms. The molecule has 0 aromatic rings. The van der Waals surface area contributed by atoms with Crippen molar-refractivity contribution in [3.8, 4) is 0 Å². The van der Waals surface area contributed by atoms with E-state index in [0.29, 0.717) is 0 Å². The molecule has 0 N–H and O–H groups in total. The van der Waals surface area contributed by atoms with Crippen LogP contribution in [0.1, 0.15) is 6.92 Å². The normalized spacial score (nSPS) is 10.8. The van der Waals surface area contributed by atoms with Crippen molar-refractivity contribution in [2.45, 2.75) is 6.92 Å². The van der Waals surface area contributed by atoms with Gasteiger partial charge in [-0.05, 0) is 6.92 Å².